The molecule has 0 aromatic rings. The van der Waals surface area contributed by atoms with Crippen LogP contribution in [0.4, 0.5) is 0 Å². The Hall–Kier alpha value is -1.09. The molecule has 0 aromatic carbocycles. The fourth-order valence-corrected chi connectivity index (χ4v) is 2.24. The summed E-state index contributed by atoms with van der Waals surface area (Å²) < 4.78 is 5.41. The first-order valence-corrected chi connectivity index (χ1v) is 6.49. The van der Waals surface area contributed by atoms with Gasteiger partial charge in [0.05, 0.1) is 5.60 Å². The molecule has 0 atom stereocenters. The largest absolute Gasteiger partial charge is 0.379 e. The Kier molecular flexibility index (Phi) is 4.74. The Morgan fingerprint density at radius 3 is 2.56 bits per heavy atom. The molecular weight excluding hydrogens is 226 g/mol. The molecule has 0 radical (unpaired) electrons. The van der Waals surface area contributed by atoms with Crippen LogP contribution in [0.1, 0.15) is 47.0 Å². The summed E-state index contributed by atoms with van der Waals surface area (Å²) in [6.45, 7) is 7.93. The van der Waals surface area contributed by atoms with Crippen LogP contribution in [0.3, 0.4) is 0 Å². The van der Waals surface area contributed by atoms with E-state index < -0.39 is 5.41 Å². The average Bonchev–Trinajstić information content (AvgIpc) is 2.29. The quantitative estimate of drug-likeness (QED) is 0.815. The number of amides is 1. The van der Waals surface area contributed by atoms with Gasteiger partial charge in [0.1, 0.15) is 0 Å². The molecule has 0 heterocycles. The normalized spacial score (nSPS) is 16.4. The Morgan fingerprint density at radius 1 is 1.39 bits per heavy atom. The second-order valence-corrected chi connectivity index (χ2v) is 6.14. The number of carbonyl (C=O) groups is 1. The van der Waals surface area contributed by atoms with Crippen LogP contribution in [0.15, 0.2) is 23.9 Å². The van der Waals surface area contributed by atoms with E-state index in [4.69, 9.17) is 4.74 Å². The molecule has 3 nitrogen and oxygen atoms in total. The SMILES string of the molecule is COC(C)(C)CC(C)(C)C(=O)NC1=CC=CCC1. The Balaban J connectivity index is 2.64. The van der Waals surface area contributed by atoms with Gasteiger partial charge in [0.25, 0.3) is 0 Å². The van der Waals surface area contributed by atoms with E-state index in [2.05, 4.69) is 11.4 Å². The van der Waals surface area contributed by atoms with E-state index in [1.54, 1.807) is 7.11 Å². The zero-order chi connectivity index (χ0) is 13.8. The molecule has 1 N–H and O–H groups in total. The van der Waals surface area contributed by atoms with E-state index in [0.717, 1.165) is 18.5 Å². The third kappa shape index (κ3) is 4.30. The first-order chi connectivity index (χ1) is 8.27. The van der Waals surface area contributed by atoms with Crippen LogP contribution in [-0.4, -0.2) is 18.6 Å². The highest BCUT2D eigenvalue weighted by atomic mass is 16.5. The maximum absolute atomic E-state index is 12.3. The molecule has 1 rings (SSSR count). The van der Waals surface area contributed by atoms with Crippen molar-refractivity contribution in [2.75, 3.05) is 7.11 Å². The number of ether oxygens (including phenoxy) is 1. The topological polar surface area (TPSA) is 38.3 Å². The van der Waals surface area contributed by atoms with Crippen molar-refractivity contribution in [1.29, 1.82) is 0 Å². The summed E-state index contributed by atoms with van der Waals surface area (Å²) >= 11 is 0. The number of rotatable bonds is 5. The van der Waals surface area contributed by atoms with Gasteiger partial charge in [-0.15, -0.1) is 0 Å². The van der Waals surface area contributed by atoms with Gasteiger partial charge in [-0.05, 0) is 39.2 Å². The lowest BCUT2D eigenvalue weighted by Crippen LogP contribution is -2.41. The molecule has 18 heavy (non-hydrogen) atoms. The second-order valence-electron chi connectivity index (χ2n) is 6.14. The minimum atomic E-state index is -0.443. The molecular formula is C15H25NO2. The fraction of sp³-hybridized carbons (Fsp3) is 0.667. The minimum absolute atomic E-state index is 0.0641. The summed E-state index contributed by atoms with van der Waals surface area (Å²) in [6.07, 6.45) is 8.66. The molecule has 0 aliphatic heterocycles. The smallest absolute Gasteiger partial charge is 0.229 e. The van der Waals surface area contributed by atoms with E-state index >= 15 is 0 Å². The first kappa shape index (κ1) is 15.0. The number of nitrogens with one attached hydrogen (secondary N) is 1. The molecule has 3 heteroatoms. The zero-order valence-electron chi connectivity index (χ0n) is 12.2. The fourth-order valence-electron chi connectivity index (χ4n) is 2.24. The van der Waals surface area contributed by atoms with Crippen LogP contribution in [0.5, 0.6) is 0 Å². The van der Waals surface area contributed by atoms with Crippen molar-refractivity contribution in [2.45, 2.75) is 52.6 Å². The van der Waals surface area contributed by atoms with E-state index in [-0.39, 0.29) is 11.5 Å². The molecule has 1 amide bonds. The number of hydrogen-bond acceptors (Lipinski definition) is 2. The molecule has 0 saturated carbocycles. The molecule has 0 fully saturated rings. The number of carbonyl (C=O) groups excluding carboxylic acids is 1. The standard InChI is InChI=1S/C15H25NO2/c1-14(2,11-15(3,4)18-5)13(17)16-12-9-7-6-8-10-12/h6-7,9H,8,10-11H2,1-5H3,(H,16,17). The maximum atomic E-state index is 12.3. The first-order valence-electron chi connectivity index (χ1n) is 6.49. The molecule has 0 aromatic heterocycles. The highest BCUT2D eigenvalue weighted by molar-refractivity contribution is 5.83. The van der Waals surface area contributed by atoms with Gasteiger partial charge in [-0.3, -0.25) is 4.79 Å². The van der Waals surface area contributed by atoms with Crippen molar-refractivity contribution in [3.63, 3.8) is 0 Å². The summed E-state index contributed by atoms with van der Waals surface area (Å²) in [7, 11) is 1.68. The lowest BCUT2D eigenvalue weighted by molar-refractivity contribution is -0.132. The molecule has 1 aliphatic carbocycles. The predicted octanol–water partition coefficient (Wildman–Crippen LogP) is 3.18. The maximum Gasteiger partial charge on any atom is 0.229 e. The van der Waals surface area contributed by atoms with Crippen LogP contribution in [0.25, 0.3) is 0 Å². The molecule has 1 aliphatic rings. The Bertz CT molecular complexity index is 365. The average molecular weight is 251 g/mol. The van der Waals surface area contributed by atoms with E-state index in [1.807, 2.05) is 39.8 Å². The summed E-state index contributed by atoms with van der Waals surface area (Å²) in [5, 5.41) is 3.02. The highest BCUT2D eigenvalue weighted by Gasteiger charge is 2.35. The molecule has 0 bridgehead atoms. The van der Waals surface area contributed by atoms with Crippen LogP contribution in [0.2, 0.25) is 0 Å². The molecule has 0 saturated heterocycles. The van der Waals surface area contributed by atoms with Gasteiger partial charge in [0, 0.05) is 18.2 Å². The number of hydrogen-bond donors (Lipinski definition) is 1. The number of methoxy groups -OCH3 is 1. The van der Waals surface area contributed by atoms with E-state index in [0.29, 0.717) is 6.42 Å². The van der Waals surface area contributed by atoms with Crippen molar-refractivity contribution in [3.05, 3.63) is 23.9 Å². The van der Waals surface area contributed by atoms with Crippen molar-refractivity contribution >= 4 is 5.91 Å². The molecule has 0 spiro atoms. The van der Waals surface area contributed by atoms with Crippen LogP contribution in [-0.2, 0) is 9.53 Å². The third-order valence-corrected chi connectivity index (χ3v) is 3.32. The summed E-state index contributed by atoms with van der Waals surface area (Å²) in [5.74, 6) is 0.0641. The van der Waals surface area contributed by atoms with Gasteiger partial charge in [0.15, 0.2) is 0 Å². The molecule has 0 unspecified atom stereocenters. The van der Waals surface area contributed by atoms with Crippen molar-refractivity contribution < 1.29 is 9.53 Å². The van der Waals surface area contributed by atoms with Gasteiger partial charge in [-0.25, -0.2) is 0 Å². The summed E-state index contributed by atoms with van der Waals surface area (Å²) in [5.41, 5.74) is 0.272. The summed E-state index contributed by atoms with van der Waals surface area (Å²) in [6, 6.07) is 0. The van der Waals surface area contributed by atoms with Crippen LogP contribution < -0.4 is 5.32 Å². The number of allylic oxidation sites excluding steroid dienone is 4. The third-order valence-electron chi connectivity index (χ3n) is 3.32. The minimum Gasteiger partial charge on any atom is -0.379 e. The monoisotopic (exact) mass is 251 g/mol. The highest BCUT2D eigenvalue weighted by Crippen LogP contribution is 2.30. The van der Waals surface area contributed by atoms with Crippen LogP contribution in [0, 0.1) is 5.41 Å². The van der Waals surface area contributed by atoms with Gasteiger partial charge in [-0.1, -0.05) is 26.0 Å². The van der Waals surface area contributed by atoms with Crippen molar-refractivity contribution in [1.82, 2.24) is 5.32 Å². The van der Waals surface area contributed by atoms with Crippen molar-refractivity contribution in [2.24, 2.45) is 5.41 Å². The van der Waals surface area contributed by atoms with Crippen molar-refractivity contribution in [3.8, 4) is 0 Å². The lowest BCUT2D eigenvalue weighted by atomic mass is 9.80. The Labute approximate surface area is 110 Å². The lowest BCUT2D eigenvalue weighted by Gasteiger charge is -2.33. The summed E-state index contributed by atoms with van der Waals surface area (Å²) in [4.78, 5) is 12.3. The zero-order valence-corrected chi connectivity index (χ0v) is 12.2. The Morgan fingerprint density at radius 2 is 2.06 bits per heavy atom. The van der Waals surface area contributed by atoms with E-state index in [9.17, 15) is 4.79 Å². The second kappa shape index (κ2) is 5.70. The van der Waals surface area contributed by atoms with Gasteiger partial charge in [0.2, 0.25) is 5.91 Å². The van der Waals surface area contributed by atoms with Gasteiger partial charge in [-0.2, -0.15) is 0 Å². The van der Waals surface area contributed by atoms with Gasteiger partial charge < -0.3 is 10.1 Å². The van der Waals surface area contributed by atoms with Crippen LogP contribution >= 0.6 is 0 Å². The van der Waals surface area contributed by atoms with Gasteiger partial charge >= 0.3 is 0 Å². The van der Waals surface area contributed by atoms with E-state index in [1.165, 1.54) is 0 Å². The molecule has 102 valence electrons. The predicted molar refractivity (Wildman–Crippen MR) is 74.1 cm³/mol.